The molecule has 92 valence electrons. The molecule has 1 aromatic carbocycles. The molecular formula is C12H22ClMgNSi2. The number of hydrogen-bond donors (Lipinski definition) is 0. The molecule has 5 heteroatoms. The van der Waals surface area contributed by atoms with Crippen LogP contribution in [-0.2, 0) is 0 Å². The molecule has 1 nitrogen and oxygen atoms in total. The molecule has 0 amide bonds. The van der Waals surface area contributed by atoms with Crippen LogP contribution in [0.2, 0.25) is 39.3 Å². The van der Waals surface area contributed by atoms with E-state index in [2.05, 4.69) is 67.8 Å². The van der Waals surface area contributed by atoms with Crippen molar-refractivity contribution in [2.45, 2.75) is 39.3 Å². The van der Waals surface area contributed by atoms with Gasteiger partial charge in [-0.3, -0.25) is 0 Å². The van der Waals surface area contributed by atoms with E-state index in [1.54, 1.807) is 0 Å². The number of hydrogen-bond acceptors (Lipinski definition) is 1. The summed E-state index contributed by atoms with van der Waals surface area (Å²) in [6, 6.07) is 8.73. The Morgan fingerprint density at radius 2 is 1.41 bits per heavy atom. The highest BCUT2D eigenvalue weighted by Crippen LogP contribution is 2.26. The molecule has 0 saturated carbocycles. The Morgan fingerprint density at radius 1 is 0.941 bits per heavy atom. The summed E-state index contributed by atoms with van der Waals surface area (Å²) in [7, 11) is 3.52. The van der Waals surface area contributed by atoms with Crippen LogP contribution < -0.4 is 7.92 Å². The Bertz CT molecular complexity index is 371. The smallest absolute Gasteiger partial charge is 0.426 e. The van der Waals surface area contributed by atoms with Crippen molar-refractivity contribution in [1.29, 1.82) is 0 Å². The predicted octanol–water partition coefficient (Wildman–Crippen LogP) is 3.65. The van der Waals surface area contributed by atoms with Gasteiger partial charge in [-0.05, 0) is 11.8 Å². The van der Waals surface area contributed by atoms with Crippen LogP contribution in [0.3, 0.4) is 0 Å². The topological polar surface area (TPSA) is 3.24 Å². The molecule has 1 rings (SSSR count). The van der Waals surface area contributed by atoms with Crippen LogP contribution in [0.4, 0.5) is 5.69 Å². The minimum Gasteiger partial charge on any atom is -0.426 e. The van der Waals surface area contributed by atoms with Gasteiger partial charge in [0.05, 0.1) is 0 Å². The van der Waals surface area contributed by atoms with Crippen molar-refractivity contribution < 1.29 is 0 Å². The highest BCUT2D eigenvalue weighted by atomic mass is 35.5. The van der Waals surface area contributed by atoms with Crippen LogP contribution in [0.15, 0.2) is 24.3 Å². The van der Waals surface area contributed by atoms with Gasteiger partial charge in [0, 0.05) is 0 Å². The Kier molecular flexibility index (Phi) is 5.17. The highest BCUT2D eigenvalue weighted by molar-refractivity contribution is 7.04. The van der Waals surface area contributed by atoms with Gasteiger partial charge in [0.2, 0.25) is 0 Å². The van der Waals surface area contributed by atoms with E-state index in [1.807, 2.05) is 0 Å². The second kappa shape index (κ2) is 5.65. The maximum absolute atomic E-state index is 6.22. The maximum Gasteiger partial charge on any atom is 0.540 e. The Balaban J connectivity index is 3.33. The molecule has 0 fully saturated rings. The van der Waals surface area contributed by atoms with Crippen molar-refractivity contribution in [2.75, 3.05) is 4.23 Å². The third-order valence-corrected chi connectivity index (χ3v) is 11.7. The van der Waals surface area contributed by atoms with E-state index in [1.165, 1.54) is 9.38 Å². The molecule has 0 atom stereocenters. The van der Waals surface area contributed by atoms with Crippen LogP contribution in [0.5, 0.6) is 0 Å². The van der Waals surface area contributed by atoms with E-state index >= 15 is 0 Å². The molecule has 0 aliphatic carbocycles. The summed E-state index contributed by atoms with van der Waals surface area (Å²) in [6.45, 7) is 14.6. The molecule has 0 spiro atoms. The monoisotopic (exact) mass is 295 g/mol. The minimum absolute atomic E-state index is 0.621. The molecule has 0 N–H and O–H groups in total. The molecule has 0 saturated heterocycles. The lowest BCUT2D eigenvalue weighted by atomic mass is 10.3. The molecule has 0 aromatic heterocycles. The molecule has 0 aliphatic rings. The van der Waals surface area contributed by atoms with E-state index in [0.717, 1.165) is 0 Å². The first-order valence-electron chi connectivity index (χ1n) is 6.12. The van der Waals surface area contributed by atoms with Gasteiger partial charge in [-0.2, -0.15) is 0 Å². The fourth-order valence-electron chi connectivity index (χ4n) is 2.57. The van der Waals surface area contributed by atoms with E-state index < -0.39 is 35.7 Å². The molecule has 0 bridgehead atoms. The second-order valence-electron chi connectivity index (χ2n) is 6.44. The molecule has 0 radical (unpaired) electrons. The molecule has 0 aliphatic heterocycles. The van der Waals surface area contributed by atoms with Gasteiger partial charge >= 0.3 is 19.3 Å². The van der Waals surface area contributed by atoms with E-state index in [0.29, 0.717) is 0 Å². The van der Waals surface area contributed by atoms with E-state index in [4.69, 9.17) is 9.07 Å². The lowest BCUT2D eigenvalue weighted by molar-refractivity contribution is 1.36. The predicted molar refractivity (Wildman–Crippen MR) is 86.9 cm³/mol. The lowest BCUT2D eigenvalue weighted by Crippen LogP contribution is -2.61. The first-order valence-corrected chi connectivity index (χ1v) is 15.9. The van der Waals surface area contributed by atoms with Crippen LogP contribution in [0, 0.1) is 0 Å². The van der Waals surface area contributed by atoms with Crippen molar-refractivity contribution in [3.63, 3.8) is 0 Å². The Hall–Kier alpha value is 0.510. The summed E-state index contributed by atoms with van der Waals surface area (Å²) in [4.78, 5) is 0. The van der Waals surface area contributed by atoms with Crippen LogP contribution in [0.25, 0.3) is 0 Å². The summed E-state index contributed by atoms with van der Waals surface area (Å²) < 4.78 is 4.16. The quantitative estimate of drug-likeness (QED) is 0.767. The normalized spacial score (nSPS) is 12.2. The van der Waals surface area contributed by atoms with Gasteiger partial charge in [-0.15, -0.1) is 3.69 Å². The maximum atomic E-state index is 6.22. The summed E-state index contributed by atoms with van der Waals surface area (Å²) in [5, 5.41) is 0. The summed E-state index contributed by atoms with van der Waals surface area (Å²) >= 11 is -0.621. The minimum atomic E-state index is -1.35. The largest absolute Gasteiger partial charge is 0.540 e. The molecule has 17 heavy (non-hydrogen) atoms. The number of anilines is 1. The van der Waals surface area contributed by atoms with Crippen molar-refractivity contribution >= 4 is 54.2 Å². The zero-order valence-corrected chi connectivity index (χ0v) is 16.0. The van der Waals surface area contributed by atoms with Crippen LogP contribution in [-0.4, -0.2) is 35.7 Å². The third kappa shape index (κ3) is 3.99. The van der Waals surface area contributed by atoms with Crippen molar-refractivity contribution in [1.82, 2.24) is 0 Å². The van der Waals surface area contributed by atoms with Gasteiger partial charge < -0.3 is 13.3 Å². The van der Waals surface area contributed by atoms with Gasteiger partial charge in [0.1, 0.15) is 16.5 Å². The second-order valence-corrected chi connectivity index (χ2v) is 18.3. The molecule has 0 unspecified atom stereocenters. The number of nitrogens with zero attached hydrogens (tertiary/aromatic N) is 1. The fraction of sp³-hybridized carbons (Fsp3) is 0.500. The first kappa shape index (κ1) is 15.6. The van der Waals surface area contributed by atoms with Gasteiger partial charge in [0.15, 0.2) is 0 Å². The van der Waals surface area contributed by atoms with Gasteiger partial charge in [-0.1, -0.05) is 57.5 Å². The molecule has 0 heterocycles. The zero-order chi connectivity index (χ0) is 13.3. The summed E-state index contributed by atoms with van der Waals surface area (Å²) in [6.07, 6.45) is 0. The van der Waals surface area contributed by atoms with E-state index in [9.17, 15) is 0 Å². The SMILES string of the molecule is C[Si](C)(C)N(c1cccc[c]1[Mg][Cl])[Si](C)(C)C. The number of benzene rings is 1. The zero-order valence-electron chi connectivity index (χ0n) is 11.8. The Labute approximate surface area is 121 Å². The first-order chi connectivity index (χ1) is 7.68. The average Bonchev–Trinajstić information content (AvgIpc) is 2.14. The molecular weight excluding hydrogens is 274 g/mol. The van der Waals surface area contributed by atoms with Crippen molar-refractivity contribution in [3.05, 3.63) is 24.3 Å². The van der Waals surface area contributed by atoms with Crippen molar-refractivity contribution in [2.24, 2.45) is 0 Å². The van der Waals surface area contributed by atoms with Crippen molar-refractivity contribution in [3.8, 4) is 0 Å². The lowest BCUT2D eigenvalue weighted by Gasteiger charge is -2.47. The number of rotatable bonds is 4. The summed E-state index contributed by atoms with van der Waals surface area (Å²) in [5.41, 5.74) is 1.42. The number of halogens is 1. The fourth-order valence-corrected chi connectivity index (χ4v) is 14.1. The van der Waals surface area contributed by atoms with E-state index in [-0.39, 0.29) is 0 Å². The van der Waals surface area contributed by atoms with Gasteiger partial charge in [0.25, 0.3) is 0 Å². The van der Waals surface area contributed by atoms with Gasteiger partial charge in [-0.25, -0.2) is 0 Å². The summed E-state index contributed by atoms with van der Waals surface area (Å²) in [5.74, 6) is 0. The molecule has 1 aromatic rings. The standard InChI is InChI=1S/C12H22NSi2.ClH.Mg/c1-14(2,3)13(15(4,5)6)12-10-8-7-9-11-12;;/h7-10H,1-6H3;1H;/q;;+1/p-1. The third-order valence-electron chi connectivity index (χ3n) is 2.72. The van der Waals surface area contributed by atoms with Crippen LogP contribution >= 0.6 is 9.07 Å². The average molecular weight is 296 g/mol. The number of para-hydroxylation sites is 1. The highest BCUT2D eigenvalue weighted by Gasteiger charge is 2.35. The Morgan fingerprint density at radius 3 is 1.82 bits per heavy atom. The van der Waals surface area contributed by atoms with Crippen LogP contribution in [0.1, 0.15) is 0 Å².